The van der Waals surface area contributed by atoms with Gasteiger partial charge < -0.3 is 16.0 Å². The number of aryl methyl sites for hydroxylation is 2. The van der Waals surface area contributed by atoms with Gasteiger partial charge in [-0.15, -0.1) is 24.0 Å². The minimum atomic E-state index is 0. The lowest BCUT2D eigenvalue weighted by atomic mass is 10.0. The Morgan fingerprint density at radius 2 is 1.69 bits per heavy atom. The normalized spacial score (nSPS) is 17.6. The first-order valence-corrected chi connectivity index (χ1v) is 9.73. The van der Waals surface area contributed by atoms with Crippen molar-refractivity contribution in [2.45, 2.75) is 46.6 Å². The molecule has 0 aromatic heterocycles. The quantitative estimate of drug-likeness (QED) is 0.363. The van der Waals surface area contributed by atoms with Crippen molar-refractivity contribution in [3.8, 4) is 0 Å². The van der Waals surface area contributed by atoms with Crippen molar-refractivity contribution in [3.05, 3.63) is 29.3 Å². The second-order valence-electron chi connectivity index (χ2n) is 6.83. The van der Waals surface area contributed by atoms with E-state index in [2.05, 4.69) is 66.0 Å². The van der Waals surface area contributed by atoms with Crippen LogP contribution >= 0.6 is 24.0 Å². The van der Waals surface area contributed by atoms with Gasteiger partial charge in [-0.1, -0.05) is 39.0 Å². The first-order valence-electron chi connectivity index (χ1n) is 9.73. The van der Waals surface area contributed by atoms with Crippen molar-refractivity contribution in [3.63, 3.8) is 0 Å². The van der Waals surface area contributed by atoms with E-state index in [1.807, 2.05) is 0 Å². The predicted molar refractivity (Wildman–Crippen MR) is 124 cm³/mol. The number of aliphatic imine (C=N–C) groups is 1. The molecule has 0 bridgehead atoms. The highest BCUT2D eigenvalue weighted by Crippen LogP contribution is 2.22. The number of hydrogen-bond acceptors (Lipinski definition) is 3. The van der Waals surface area contributed by atoms with Gasteiger partial charge in [0.2, 0.25) is 0 Å². The summed E-state index contributed by atoms with van der Waals surface area (Å²) >= 11 is 0. The number of nitrogens with two attached hydrogens (primary N) is 1. The molecule has 148 valence electrons. The zero-order valence-corrected chi connectivity index (χ0v) is 19.1. The number of para-hydroxylation sites is 1. The SMILES string of the molecule is CCc1cccc(CC)c1NC(N)=NCC(C)N1CCN(CC)CC1.I. The molecule has 6 heteroatoms. The monoisotopic (exact) mass is 473 g/mol. The van der Waals surface area contributed by atoms with Crippen LogP contribution in [0.2, 0.25) is 0 Å². The summed E-state index contributed by atoms with van der Waals surface area (Å²) in [4.78, 5) is 9.62. The fraction of sp³-hybridized carbons (Fsp3) is 0.650. The van der Waals surface area contributed by atoms with Crippen molar-refractivity contribution >= 4 is 35.6 Å². The van der Waals surface area contributed by atoms with Gasteiger partial charge in [-0.3, -0.25) is 9.89 Å². The highest BCUT2D eigenvalue weighted by atomic mass is 127. The second kappa shape index (κ2) is 11.8. The Bertz CT molecular complexity index is 545. The van der Waals surface area contributed by atoms with E-state index in [9.17, 15) is 0 Å². The van der Waals surface area contributed by atoms with Gasteiger partial charge in [0, 0.05) is 37.9 Å². The fourth-order valence-electron chi connectivity index (χ4n) is 3.44. The number of likely N-dealkylation sites (N-methyl/N-ethyl adjacent to an activating group) is 1. The van der Waals surface area contributed by atoms with E-state index in [1.54, 1.807) is 0 Å². The first kappa shape index (κ1) is 23.2. The Morgan fingerprint density at radius 3 is 2.19 bits per heavy atom. The van der Waals surface area contributed by atoms with Gasteiger partial charge in [0.1, 0.15) is 0 Å². The van der Waals surface area contributed by atoms with Crippen molar-refractivity contribution < 1.29 is 0 Å². The lowest BCUT2D eigenvalue weighted by Gasteiger charge is -2.37. The highest BCUT2D eigenvalue weighted by molar-refractivity contribution is 14.0. The molecule has 2 rings (SSSR count). The van der Waals surface area contributed by atoms with Crippen molar-refractivity contribution in [2.75, 3.05) is 44.6 Å². The molecule has 1 saturated heterocycles. The Labute approximate surface area is 176 Å². The van der Waals surface area contributed by atoms with Crippen LogP contribution in [0.3, 0.4) is 0 Å². The molecule has 1 atom stereocenters. The molecule has 1 aliphatic heterocycles. The molecule has 1 aliphatic rings. The topological polar surface area (TPSA) is 56.9 Å². The van der Waals surface area contributed by atoms with Crippen LogP contribution in [0.5, 0.6) is 0 Å². The van der Waals surface area contributed by atoms with Crippen LogP contribution in [-0.4, -0.2) is 61.1 Å². The van der Waals surface area contributed by atoms with Crippen molar-refractivity contribution in [1.29, 1.82) is 0 Å². The third-order valence-electron chi connectivity index (χ3n) is 5.26. The minimum absolute atomic E-state index is 0. The Morgan fingerprint density at radius 1 is 1.12 bits per heavy atom. The van der Waals surface area contributed by atoms with Gasteiger partial charge in [-0.2, -0.15) is 0 Å². The number of piperazine rings is 1. The van der Waals surface area contributed by atoms with Crippen LogP contribution in [0.15, 0.2) is 23.2 Å². The molecule has 1 heterocycles. The summed E-state index contributed by atoms with van der Waals surface area (Å²) in [6.07, 6.45) is 1.98. The fourth-order valence-corrected chi connectivity index (χ4v) is 3.44. The molecule has 26 heavy (non-hydrogen) atoms. The molecule has 0 amide bonds. The van der Waals surface area contributed by atoms with E-state index in [1.165, 1.54) is 11.1 Å². The molecule has 1 unspecified atom stereocenters. The van der Waals surface area contributed by atoms with Crippen LogP contribution < -0.4 is 11.1 Å². The van der Waals surface area contributed by atoms with E-state index >= 15 is 0 Å². The first-order chi connectivity index (χ1) is 12.1. The molecule has 0 saturated carbocycles. The number of hydrogen-bond donors (Lipinski definition) is 2. The number of benzene rings is 1. The Hall–Kier alpha value is -0.860. The van der Waals surface area contributed by atoms with E-state index in [-0.39, 0.29) is 24.0 Å². The molecule has 0 aliphatic carbocycles. The average Bonchev–Trinajstić information content (AvgIpc) is 2.66. The van der Waals surface area contributed by atoms with Crippen LogP contribution in [0.4, 0.5) is 5.69 Å². The average molecular weight is 473 g/mol. The smallest absolute Gasteiger partial charge is 0.193 e. The van der Waals surface area contributed by atoms with Crippen molar-refractivity contribution in [1.82, 2.24) is 9.80 Å². The van der Waals surface area contributed by atoms with Crippen molar-refractivity contribution in [2.24, 2.45) is 10.7 Å². The predicted octanol–water partition coefficient (Wildman–Crippen LogP) is 3.18. The van der Waals surface area contributed by atoms with E-state index in [0.29, 0.717) is 12.0 Å². The Kier molecular flexibility index (Phi) is 10.5. The lowest BCUT2D eigenvalue weighted by Crippen LogP contribution is -2.50. The molecular formula is C20H36IN5. The van der Waals surface area contributed by atoms with Crippen LogP contribution in [-0.2, 0) is 12.8 Å². The third-order valence-corrected chi connectivity index (χ3v) is 5.26. The highest BCUT2D eigenvalue weighted by Gasteiger charge is 2.19. The summed E-state index contributed by atoms with van der Waals surface area (Å²) in [7, 11) is 0. The molecule has 0 spiro atoms. The maximum Gasteiger partial charge on any atom is 0.193 e. The van der Waals surface area contributed by atoms with Crippen LogP contribution in [0.25, 0.3) is 0 Å². The zero-order valence-electron chi connectivity index (χ0n) is 16.8. The molecule has 5 nitrogen and oxygen atoms in total. The number of nitrogens with one attached hydrogen (secondary N) is 1. The molecule has 1 aromatic rings. The van der Waals surface area contributed by atoms with Gasteiger partial charge in [-0.05, 0) is 37.4 Å². The van der Waals surface area contributed by atoms with Crippen LogP contribution in [0.1, 0.15) is 38.8 Å². The maximum absolute atomic E-state index is 6.19. The largest absolute Gasteiger partial charge is 0.370 e. The summed E-state index contributed by atoms with van der Waals surface area (Å²) < 4.78 is 0. The maximum atomic E-state index is 6.19. The van der Waals surface area contributed by atoms with Gasteiger partial charge in [0.15, 0.2) is 5.96 Å². The summed E-state index contributed by atoms with van der Waals surface area (Å²) in [6.45, 7) is 15.3. The van der Waals surface area contributed by atoms with E-state index in [4.69, 9.17) is 5.73 Å². The number of halogens is 1. The van der Waals surface area contributed by atoms with Gasteiger partial charge in [-0.25, -0.2) is 0 Å². The molecular weight excluding hydrogens is 437 g/mol. The summed E-state index contributed by atoms with van der Waals surface area (Å²) in [5.74, 6) is 0.523. The van der Waals surface area contributed by atoms with Gasteiger partial charge in [0.25, 0.3) is 0 Å². The summed E-state index contributed by atoms with van der Waals surface area (Å²) in [6, 6.07) is 6.86. The zero-order chi connectivity index (χ0) is 18.2. The molecule has 3 N–H and O–H groups in total. The summed E-state index contributed by atoms with van der Waals surface area (Å²) in [5, 5.41) is 3.36. The second-order valence-corrected chi connectivity index (χ2v) is 6.83. The number of rotatable bonds is 7. The summed E-state index contributed by atoms with van der Waals surface area (Å²) in [5.41, 5.74) is 9.91. The lowest BCUT2D eigenvalue weighted by molar-refractivity contribution is 0.109. The van der Waals surface area contributed by atoms with E-state index < -0.39 is 0 Å². The number of nitrogens with zero attached hydrogens (tertiary/aromatic N) is 3. The van der Waals surface area contributed by atoms with Gasteiger partial charge in [0.05, 0.1) is 6.54 Å². The van der Waals surface area contributed by atoms with Crippen LogP contribution in [0, 0.1) is 0 Å². The number of anilines is 1. The minimum Gasteiger partial charge on any atom is -0.370 e. The van der Waals surface area contributed by atoms with E-state index in [0.717, 1.165) is 57.8 Å². The standard InChI is InChI=1S/C20H35N5.HI/c1-5-17-9-8-10-18(6-2)19(17)23-20(21)22-15-16(4)25-13-11-24(7-3)12-14-25;/h8-10,16H,5-7,11-15H2,1-4H3,(H3,21,22,23);1H. The van der Waals surface area contributed by atoms with Gasteiger partial charge >= 0.3 is 0 Å². The third kappa shape index (κ3) is 6.39. The molecule has 0 radical (unpaired) electrons. The number of guanidine groups is 1. The molecule has 1 fully saturated rings. The molecule has 1 aromatic carbocycles. The Balaban J connectivity index is 0.00000338.